The Morgan fingerprint density at radius 2 is 1.51 bits per heavy atom. The molecule has 0 aliphatic heterocycles. The van der Waals surface area contributed by atoms with Gasteiger partial charge in [-0.1, -0.05) is 36.8 Å². The van der Waals surface area contributed by atoms with Crippen LogP contribution in [0, 0.1) is 6.92 Å². The molecule has 0 spiro atoms. The lowest BCUT2D eigenvalue weighted by Crippen LogP contribution is -2.51. The van der Waals surface area contributed by atoms with Crippen LogP contribution in [0.4, 0.5) is 5.69 Å². The molecule has 0 aromatic heterocycles. The summed E-state index contributed by atoms with van der Waals surface area (Å²) in [5.74, 6) is 0.399. The van der Waals surface area contributed by atoms with E-state index in [2.05, 4.69) is 5.32 Å². The quantitative estimate of drug-likeness (QED) is 0.300. The van der Waals surface area contributed by atoms with Gasteiger partial charge in [-0.15, -0.1) is 0 Å². The van der Waals surface area contributed by atoms with Crippen molar-refractivity contribution >= 4 is 27.5 Å². The van der Waals surface area contributed by atoms with Crippen LogP contribution >= 0.6 is 0 Å². The van der Waals surface area contributed by atoms with Crippen LogP contribution < -0.4 is 19.1 Å². The fourth-order valence-electron chi connectivity index (χ4n) is 4.15. The van der Waals surface area contributed by atoms with Crippen molar-refractivity contribution in [3.63, 3.8) is 0 Å². The minimum atomic E-state index is -4.14. The van der Waals surface area contributed by atoms with E-state index in [1.165, 1.54) is 17.0 Å². The van der Waals surface area contributed by atoms with Gasteiger partial charge in [-0.3, -0.25) is 13.9 Å². The number of carbonyl (C=O) groups excluding carboxylic acids is 2. The highest BCUT2D eigenvalue weighted by Crippen LogP contribution is 2.27. The highest BCUT2D eigenvalue weighted by atomic mass is 32.2. The predicted octanol–water partition coefficient (Wildman–Crippen LogP) is 4.54. The van der Waals surface area contributed by atoms with Crippen LogP contribution in [-0.2, 0) is 26.2 Å². The first-order valence-electron chi connectivity index (χ1n) is 13.6. The van der Waals surface area contributed by atoms with E-state index < -0.39 is 28.5 Å². The van der Waals surface area contributed by atoms with E-state index in [0.717, 1.165) is 21.9 Å². The van der Waals surface area contributed by atoms with E-state index in [1.54, 1.807) is 62.6 Å². The van der Waals surface area contributed by atoms with Gasteiger partial charge in [0.2, 0.25) is 11.8 Å². The van der Waals surface area contributed by atoms with Crippen LogP contribution in [0.15, 0.2) is 77.7 Å². The van der Waals surface area contributed by atoms with Gasteiger partial charge in [0, 0.05) is 13.1 Å². The lowest BCUT2D eigenvalue weighted by Gasteiger charge is -2.32. The second-order valence-corrected chi connectivity index (χ2v) is 11.5. The zero-order valence-corrected chi connectivity index (χ0v) is 25.1. The molecule has 10 heteroatoms. The molecule has 0 aliphatic rings. The number of aryl methyl sites for hydroxylation is 1. The van der Waals surface area contributed by atoms with Crippen LogP contribution in [-0.4, -0.2) is 58.0 Å². The summed E-state index contributed by atoms with van der Waals surface area (Å²) in [7, 11) is -2.57. The Bertz CT molecular complexity index is 1390. The number of hydrogen-bond acceptors (Lipinski definition) is 6. The van der Waals surface area contributed by atoms with Gasteiger partial charge in [-0.25, -0.2) is 8.42 Å². The van der Waals surface area contributed by atoms with Crippen LogP contribution in [0.25, 0.3) is 0 Å². The van der Waals surface area contributed by atoms with E-state index in [9.17, 15) is 18.0 Å². The Morgan fingerprint density at radius 1 is 0.902 bits per heavy atom. The molecule has 41 heavy (non-hydrogen) atoms. The smallest absolute Gasteiger partial charge is 0.264 e. The molecule has 3 aromatic rings. The van der Waals surface area contributed by atoms with Crippen molar-refractivity contribution in [2.45, 2.75) is 51.6 Å². The van der Waals surface area contributed by atoms with Crippen molar-refractivity contribution in [2.24, 2.45) is 0 Å². The van der Waals surface area contributed by atoms with Gasteiger partial charge in [0.1, 0.15) is 24.1 Å². The Morgan fingerprint density at radius 3 is 2.07 bits per heavy atom. The minimum absolute atomic E-state index is 0.0558. The van der Waals surface area contributed by atoms with Gasteiger partial charge in [-0.05, 0) is 81.3 Å². The standard InChI is InChI=1S/C31H39N3O6S/c1-6-20-32-31(36)24(4)33(21-25-10-14-27(39-5)15-11-25)30(35)22-34(26-12-16-28(17-13-26)40-7-2)41(37,38)29-18-8-23(3)9-19-29/h8-19,24H,6-7,20-22H2,1-5H3,(H,32,36)/t24-/m0/s1. The topological polar surface area (TPSA) is 105 Å². The zero-order valence-electron chi connectivity index (χ0n) is 24.3. The number of nitrogens with zero attached hydrogens (tertiary/aromatic N) is 2. The number of ether oxygens (including phenoxy) is 2. The number of amides is 2. The molecule has 2 amide bonds. The van der Waals surface area contributed by atoms with Gasteiger partial charge in [0.15, 0.2) is 0 Å². The second kappa shape index (κ2) is 14.5. The van der Waals surface area contributed by atoms with Gasteiger partial charge < -0.3 is 19.7 Å². The number of anilines is 1. The first kappa shape index (κ1) is 31.5. The summed E-state index contributed by atoms with van der Waals surface area (Å²) >= 11 is 0. The summed E-state index contributed by atoms with van der Waals surface area (Å²) in [4.78, 5) is 28.4. The average Bonchev–Trinajstić information content (AvgIpc) is 2.98. The van der Waals surface area contributed by atoms with Crippen molar-refractivity contribution in [2.75, 3.05) is 31.1 Å². The number of sulfonamides is 1. The molecule has 1 atom stereocenters. The third kappa shape index (κ3) is 8.23. The van der Waals surface area contributed by atoms with Crippen molar-refractivity contribution in [1.29, 1.82) is 0 Å². The van der Waals surface area contributed by atoms with Crippen LogP contribution in [0.3, 0.4) is 0 Å². The first-order valence-corrected chi connectivity index (χ1v) is 15.1. The van der Waals surface area contributed by atoms with Crippen molar-refractivity contribution in [3.8, 4) is 11.5 Å². The summed E-state index contributed by atoms with van der Waals surface area (Å²) in [6.45, 7) is 7.83. The maximum Gasteiger partial charge on any atom is 0.264 e. The molecule has 1 N–H and O–H groups in total. The number of hydrogen-bond donors (Lipinski definition) is 1. The monoisotopic (exact) mass is 581 g/mol. The molecule has 0 aliphatic carbocycles. The number of nitrogens with one attached hydrogen (secondary N) is 1. The second-order valence-electron chi connectivity index (χ2n) is 9.59. The van der Waals surface area contributed by atoms with Crippen LogP contribution in [0.1, 0.15) is 38.3 Å². The van der Waals surface area contributed by atoms with E-state index in [-0.39, 0.29) is 17.3 Å². The Balaban J connectivity index is 2.01. The average molecular weight is 582 g/mol. The molecule has 9 nitrogen and oxygen atoms in total. The van der Waals surface area contributed by atoms with E-state index >= 15 is 0 Å². The molecule has 0 saturated carbocycles. The maximum absolute atomic E-state index is 14.0. The Hall–Kier alpha value is -4.05. The Kier molecular flexibility index (Phi) is 11.2. The summed E-state index contributed by atoms with van der Waals surface area (Å²) in [5.41, 5.74) is 1.98. The Labute approximate surface area is 243 Å². The molecule has 3 aromatic carbocycles. The normalized spacial score (nSPS) is 11.8. The molecule has 0 fully saturated rings. The fraction of sp³-hybridized carbons (Fsp3) is 0.355. The summed E-state index contributed by atoms with van der Waals surface area (Å²) in [6.07, 6.45) is 0.741. The number of carbonyl (C=O) groups is 2. The van der Waals surface area contributed by atoms with Gasteiger partial charge in [-0.2, -0.15) is 0 Å². The van der Waals surface area contributed by atoms with E-state index in [0.29, 0.717) is 30.3 Å². The van der Waals surface area contributed by atoms with Crippen molar-refractivity contribution in [1.82, 2.24) is 10.2 Å². The molecule has 3 rings (SSSR count). The van der Waals surface area contributed by atoms with E-state index in [4.69, 9.17) is 9.47 Å². The number of rotatable bonds is 14. The molecular weight excluding hydrogens is 542 g/mol. The van der Waals surface area contributed by atoms with E-state index in [1.807, 2.05) is 32.9 Å². The largest absolute Gasteiger partial charge is 0.497 e. The molecule has 0 bridgehead atoms. The molecular formula is C31H39N3O6S. The summed E-state index contributed by atoms with van der Waals surface area (Å²) in [6, 6.07) is 19.3. The predicted molar refractivity (Wildman–Crippen MR) is 160 cm³/mol. The molecule has 0 heterocycles. The summed E-state index contributed by atoms with van der Waals surface area (Å²) < 4.78 is 39.7. The van der Waals surface area contributed by atoms with Crippen molar-refractivity contribution in [3.05, 3.63) is 83.9 Å². The first-order chi connectivity index (χ1) is 19.6. The van der Waals surface area contributed by atoms with Crippen LogP contribution in [0.5, 0.6) is 11.5 Å². The summed E-state index contributed by atoms with van der Waals surface area (Å²) in [5, 5.41) is 2.84. The minimum Gasteiger partial charge on any atom is -0.497 e. The zero-order chi connectivity index (χ0) is 30.0. The fourth-order valence-corrected chi connectivity index (χ4v) is 5.56. The lowest BCUT2D eigenvalue weighted by molar-refractivity contribution is -0.139. The lowest BCUT2D eigenvalue weighted by atomic mass is 10.1. The molecule has 0 unspecified atom stereocenters. The van der Waals surface area contributed by atoms with Crippen molar-refractivity contribution < 1.29 is 27.5 Å². The van der Waals surface area contributed by atoms with Crippen LogP contribution in [0.2, 0.25) is 0 Å². The van der Waals surface area contributed by atoms with Gasteiger partial charge in [0.25, 0.3) is 10.0 Å². The van der Waals surface area contributed by atoms with Gasteiger partial charge >= 0.3 is 0 Å². The van der Waals surface area contributed by atoms with Gasteiger partial charge in [0.05, 0.1) is 24.3 Å². The number of benzene rings is 3. The third-order valence-electron chi connectivity index (χ3n) is 6.55. The highest BCUT2D eigenvalue weighted by molar-refractivity contribution is 7.92. The molecule has 0 saturated heterocycles. The molecule has 0 radical (unpaired) electrons. The highest BCUT2D eigenvalue weighted by Gasteiger charge is 2.32. The number of methoxy groups -OCH3 is 1. The SMILES string of the molecule is CCCNC(=O)[C@H](C)N(Cc1ccc(OC)cc1)C(=O)CN(c1ccc(OCC)cc1)S(=O)(=O)c1ccc(C)cc1. The molecule has 220 valence electrons. The maximum atomic E-state index is 14.0. The third-order valence-corrected chi connectivity index (χ3v) is 8.34.